The first-order valence-electron chi connectivity index (χ1n) is 10.7. The van der Waals surface area contributed by atoms with Gasteiger partial charge in [0.25, 0.3) is 0 Å². The van der Waals surface area contributed by atoms with Crippen LogP contribution in [-0.4, -0.2) is 22.0 Å². The minimum Gasteiger partial charge on any atom is -0.323 e. The molecular formula is C26H24BrN3O. The van der Waals surface area contributed by atoms with Crippen LogP contribution in [0, 0.1) is 0 Å². The fourth-order valence-electron chi connectivity index (χ4n) is 4.43. The first kappa shape index (κ1) is 20.0. The van der Waals surface area contributed by atoms with Crippen molar-refractivity contribution in [3.63, 3.8) is 0 Å². The lowest BCUT2D eigenvalue weighted by molar-refractivity contribution is -0.117. The van der Waals surface area contributed by atoms with E-state index in [4.69, 9.17) is 4.98 Å². The van der Waals surface area contributed by atoms with Gasteiger partial charge < -0.3 is 9.47 Å². The number of anilines is 1. The maximum atomic E-state index is 12.9. The van der Waals surface area contributed by atoms with Gasteiger partial charge >= 0.3 is 0 Å². The molecule has 1 atom stereocenters. The fourth-order valence-corrected chi connectivity index (χ4v) is 4.88. The van der Waals surface area contributed by atoms with E-state index in [1.165, 1.54) is 11.1 Å². The van der Waals surface area contributed by atoms with E-state index in [0.717, 1.165) is 40.0 Å². The van der Waals surface area contributed by atoms with Crippen LogP contribution in [0.1, 0.15) is 36.2 Å². The Morgan fingerprint density at radius 3 is 2.58 bits per heavy atom. The molecule has 0 spiro atoms. The van der Waals surface area contributed by atoms with Crippen molar-refractivity contribution in [2.75, 3.05) is 11.4 Å². The summed E-state index contributed by atoms with van der Waals surface area (Å²) in [7, 11) is 0. The number of hydrogen-bond donors (Lipinski definition) is 0. The van der Waals surface area contributed by atoms with E-state index in [2.05, 4.69) is 76.0 Å². The van der Waals surface area contributed by atoms with E-state index in [0.29, 0.717) is 13.0 Å². The Kier molecular flexibility index (Phi) is 5.36. The van der Waals surface area contributed by atoms with Gasteiger partial charge in [0.2, 0.25) is 5.91 Å². The summed E-state index contributed by atoms with van der Waals surface area (Å²) in [6.45, 7) is 3.53. The molecule has 1 aromatic heterocycles. The van der Waals surface area contributed by atoms with Crippen LogP contribution >= 0.6 is 15.9 Å². The molecule has 5 rings (SSSR count). The summed E-state index contributed by atoms with van der Waals surface area (Å²) in [6.07, 6.45) is 1.48. The van der Waals surface area contributed by atoms with Gasteiger partial charge in [-0.25, -0.2) is 4.98 Å². The van der Waals surface area contributed by atoms with E-state index in [-0.39, 0.29) is 11.8 Å². The lowest BCUT2D eigenvalue weighted by Crippen LogP contribution is -2.24. The predicted octanol–water partition coefficient (Wildman–Crippen LogP) is 5.93. The second-order valence-corrected chi connectivity index (χ2v) is 9.02. The molecule has 3 aromatic carbocycles. The van der Waals surface area contributed by atoms with Crippen molar-refractivity contribution in [2.24, 2.45) is 0 Å². The number of fused-ring (bicyclic) bond motifs is 1. The number of carbonyl (C=O) groups is 1. The standard InChI is InChI=1S/C26H24BrN3O/c1-2-18-10-12-22(13-11-18)29-17-20(15-25(29)31)26-28-23-8-3-4-9-24(23)30(26)16-19-6-5-7-21(27)14-19/h3-14,20H,2,15-17H2,1H3. The number of nitrogens with zero attached hydrogens (tertiary/aromatic N) is 3. The van der Waals surface area contributed by atoms with E-state index in [9.17, 15) is 4.79 Å². The molecule has 4 nitrogen and oxygen atoms in total. The summed E-state index contributed by atoms with van der Waals surface area (Å²) in [4.78, 5) is 19.8. The lowest BCUT2D eigenvalue weighted by atomic mass is 10.1. The first-order chi connectivity index (χ1) is 15.1. The van der Waals surface area contributed by atoms with Crippen molar-refractivity contribution in [3.05, 3.63) is 94.2 Å². The first-order valence-corrected chi connectivity index (χ1v) is 11.5. The molecule has 4 aromatic rings. The Morgan fingerprint density at radius 1 is 1.00 bits per heavy atom. The van der Waals surface area contributed by atoms with Gasteiger partial charge in [-0.2, -0.15) is 0 Å². The number of hydrogen-bond acceptors (Lipinski definition) is 2. The summed E-state index contributed by atoms with van der Waals surface area (Å²) in [5.74, 6) is 1.22. The molecule has 0 aliphatic carbocycles. The molecular weight excluding hydrogens is 450 g/mol. The zero-order valence-electron chi connectivity index (χ0n) is 17.5. The third-order valence-electron chi connectivity index (χ3n) is 6.06. The molecule has 1 aliphatic heterocycles. The molecule has 2 heterocycles. The molecule has 1 amide bonds. The Hall–Kier alpha value is -2.92. The molecule has 0 saturated carbocycles. The van der Waals surface area contributed by atoms with Crippen molar-refractivity contribution in [3.8, 4) is 0 Å². The molecule has 1 unspecified atom stereocenters. The van der Waals surface area contributed by atoms with Crippen LogP contribution in [-0.2, 0) is 17.8 Å². The minimum absolute atomic E-state index is 0.0675. The van der Waals surface area contributed by atoms with Crippen LogP contribution in [0.25, 0.3) is 11.0 Å². The van der Waals surface area contributed by atoms with Crippen LogP contribution in [0.15, 0.2) is 77.3 Å². The number of amides is 1. The SMILES string of the molecule is CCc1ccc(N2CC(c3nc4ccccc4n3Cc3cccc(Br)c3)CC2=O)cc1. The molecule has 31 heavy (non-hydrogen) atoms. The molecule has 0 bridgehead atoms. The summed E-state index contributed by atoms with van der Waals surface area (Å²) in [5.41, 5.74) is 5.54. The van der Waals surface area contributed by atoms with Crippen LogP contribution < -0.4 is 4.90 Å². The van der Waals surface area contributed by atoms with E-state index < -0.39 is 0 Å². The summed E-state index contributed by atoms with van der Waals surface area (Å²) in [6, 6.07) is 24.9. The van der Waals surface area contributed by atoms with E-state index >= 15 is 0 Å². The van der Waals surface area contributed by atoms with Gasteiger partial charge in [0, 0.05) is 35.6 Å². The van der Waals surface area contributed by atoms with Crippen molar-refractivity contribution >= 4 is 38.6 Å². The highest BCUT2D eigenvalue weighted by Crippen LogP contribution is 2.34. The number of rotatable bonds is 5. The number of carbonyl (C=O) groups excluding carboxylic acids is 1. The predicted molar refractivity (Wildman–Crippen MR) is 129 cm³/mol. The number of benzene rings is 3. The van der Waals surface area contributed by atoms with Gasteiger partial charge in [0.05, 0.1) is 11.0 Å². The maximum Gasteiger partial charge on any atom is 0.227 e. The average molecular weight is 474 g/mol. The van der Waals surface area contributed by atoms with Crippen LogP contribution in [0.2, 0.25) is 0 Å². The van der Waals surface area contributed by atoms with Crippen molar-refractivity contribution in [1.29, 1.82) is 0 Å². The normalized spacial score (nSPS) is 16.4. The van der Waals surface area contributed by atoms with E-state index in [1.54, 1.807) is 0 Å². The number of imidazole rings is 1. The van der Waals surface area contributed by atoms with Crippen molar-refractivity contribution in [1.82, 2.24) is 9.55 Å². The monoisotopic (exact) mass is 473 g/mol. The molecule has 1 saturated heterocycles. The molecule has 156 valence electrons. The van der Waals surface area contributed by atoms with Crippen LogP contribution in [0.5, 0.6) is 0 Å². The number of aryl methyl sites for hydroxylation is 1. The van der Waals surface area contributed by atoms with Gasteiger partial charge in [0.15, 0.2) is 0 Å². The molecule has 5 heteroatoms. The zero-order valence-corrected chi connectivity index (χ0v) is 19.0. The fraction of sp³-hybridized carbons (Fsp3) is 0.231. The Labute approximate surface area is 190 Å². The zero-order chi connectivity index (χ0) is 21.4. The highest BCUT2D eigenvalue weighted by Gasteiger charge is 2.34. The maximum absolute atomic E-state index is 12.9. The third kappa shape index (κ3) is 3.90. The number of halogens is 1. The van der Waals surface area contributed by atoms with Gasteiger partial charge in [-0.15, -0.1) is 0 Å². The second kappa shape index (κ2) is 8.31. The Morgan fingerprint density at radius 2 is 1.81 bits per heavy atom. The highest BCUT2D eigenvalue weighted by atomic mass is 79.9. The summed E-state index contributed by atoms with van der Waals surface area (Å²) < 4.78 is 3.34. The highest BCUT2D eigenvalue weighted by molar-refractivity contribution is 9.10. The van der Waals surface area contributed by atoms with Crippen molar-refractivity contribution < 1.29 is 4.79 Å². The van der Waals surface area contributed by atoms with Gasteiger partial charge in [-0.3, -0.25) is 4.79 Å². The summed E-state index contributed by atoms with van der Waals surface area (Å²) >= 11 is 3.58. The largest absolute Gasteiger partial charge is 0.323 e. The smallest absolute Gasteiger partial charge is 0.227 e. The van der Waals surface area contributed by atoms with Crippen LogP contribution in [0.4, 0.5) is 5.69 Å². The molecule has 1 fully saturated rings. The number of para-hydroxylation sites is 2. The molecule has 0 radical (unpaired) electrons. The Bertz CT molecular complexity index is 1250. The van der Waals surface area contributed by atoms with Crippen LogP contribution in [0.3, 0.4) is 0 Å². The van der Waals surface area contributed by atoms with Gasteiger partial charge in [-0.05, 0) is 53.9 Å². The number of aromatic nitrogens is 2. The van der Waals surface area contributed by atoms with Crippen molar-refractivity contribution in [2.45, 2.75) is 32.2 Å². The second-order valence-electron chi connectivity index (χ2n) is 8.10. The quantitative estimate of drug-likeness (QED) is 0.360. The van der Waals surface area contributed by atoms with Gasteiger partial charge in [-0.1, -0.05) is 59.3 Å². The minimum atomic E-state index is 0.0675. The topological polar surface area (TPSA) is 38.1 Å². The molecule has 1 aliphatic rings. The average Bonchev–Trinajstić information content (AvgIpc) is 3.35. The lowest BCUT2D eigenvalue weighted by Gasteiger charge is -2.18. The Balaban J connectivity index is 1.50. The third-order valence-corrected chi connectivity index (χ3v) is 6.55. The summed E-state index contributed by atoms with van der Waals surface area (Å²) in [5, 5.41) is 0. The molecule has 0 N–H and O–H groups in total. The van der Waals surface area contributed by atoms with Gasteiger partial charge in [0.1, 0.15) is 5.82 Å². The van der Waals surface area contributed by atoms with E-state index in [1.807, 2.05) is 29.2 Å².